The van der Waals surface area contributed by atoms with E-state index >= 15 is 0 Å². The minimum atomic E-state index is -0.512. The van der Waals surface area contributed by atoms with Gasteiger partial charge in [-0.3, -0.25) is 15.0 Å². The van der Waals surface area contributed by atoms with Gasteiger partial charge in [-0.15, -0.1) is 0 Å². The fourth-order valence-corrected chi connectivity index (χ4v) is 6.20. The molecule has 2 aliphatic heterocycles. The second kappa shape index (κ2) is 9.60. The molecule has 0 spiro atoms. The van der Waals surface area contributed by atoms with Crippen molar-refractivity contribution in [3.05, 3.63) is 42.5 Å². The van der Waals surface area contributed by atoms with Gasteiger partial charge in [0.1, 0.15) is 0 Å². The number of fused-ring (bicyclic) bond motifs is 2. The number of carbonyl (C=O) groups excluding carboxylic acids is 2. The number of para-hydroxylation sites is 1. The fourth-order valence-electron chi connectivity index (χ4n) is 5.16. The minimum absolute atomic E-state index is 0.00288. The van der Waals surface area contributed by atoms with Crippen molar-refractivity contribution in [2.75, 3.05) is 23.4 Å². The van der Waals surface area contributed by atoms with Crippen LogP contribution in [0.4, 0.5) is 21.9 Å². The Morgan fingerprint density at radius 2 is 1.74 bits per heavy atom. The van der Waals surface area contributed by atoms with E-state index in [0.717, 1.165) is 34.0 Å². The topological polar surface area (TPSA) is 82.7 Å². The zero-order chi connectivity index (χ0) is 24.5. The lowest BCUT2D eigenvalue weighted by atomic mass is 9.79. The Hall–Kier alpha value is -2.55. The number of rotatable bonds is 5. The van der Waals surface area contributed by atoms with Gasteiger partial charge in [-0.25, -0.2) is 4.79 Å². The van der Waals surface area contributed by atoms with Crippen LogP contribution in [0.1, 0.15) is 47.5 Å². The van der Waals surface area contributed by atoms with E-state index in [1.54, 1.807) is 23.6 Å². The van der Waals surface area contributed by atoms with Crippen LogP contribution < -0.4 is 20.9 Å². The first-order valence-electron chi connectivity index (χ1n) is 11.8. The van der Waals surface area contributed by atoms with Crippen LogP contribution >= 0.6 is 11.8 Å². The second-order valence-electron chi connectivity index (χ2n) is 10.2. The average Bonchev–Trinajstić information content (AvgIpc) is 2.74. The van der Waals surface area contributed by atoms with Crippen molar-refractivity contribution in [2.24, 2.45) is 0 Å². The van der Waals surface area contributed by atoms with Crippen molar-refractivity contribution < 1.29 is 14.3 Å². The van der Waals surface area contributed by atoms with E-state index in [4.69, 9.17) is 4.74 Å². The van der Waals surface area contributed by atoms with Crippen LogP contribution in [-0.4, -0.2) is 42.3 Å². The third-order valence-electron chi connectivity index (χ3n) is 6.03. The molecule has 2 heterocycles. The molecule has 0 unspecified atom stereocenters. The van der Waals surface area contributed by atoms with Gasteiger partial charge in [0.05, 0.1) is 24.5 Å². The molecular formula is C26H34N4O3S. The first kappa shape index (κ1) is 24.6. The summed E-state index contributed by atoms with van der Waals surface area (Å²) in [4.78, 5) is 29.3. The van der Waals surface area contributed by atoms with Crippen LogP contribution in [0.5, 0.6) is 0 Å². The quantitative estimate of drug-likeness (QED) is 0.538. The Kier molecular flexibility index (Phi) is 6.94. The highest BCUT2D eigenvalue weighted by Gasteiger charge is 2.38. The largest absolute Gasteiger partial charge is 0.450 e. The molecule has 34 heavy (non-hydrogen) atoms. The molecule has 2 aliphatic rings. The number of ether oxygens (including phenoxy) is 1. The Bertz CT molecular complexity index is 1070. The van der Waals surface area contributed by atoms with E-state index in [1.165, 1.54) is 0 Å². The molecule has 0 radical (unpaired) electrons. The molecule has 1 fully saturated rings. The van der Waals surface area contributed by atoms with Gasteiger partial charge >= 0.3 is 6.09 Å². The molecule has 0 aromatic heterocycles. The van der Waals surface area contributed by atoms with Gasteiger partial charge in [0.15, 0.2) is 0 Å². The summed E-state index contributed by atoms with van der Waals surface area (Å²) in [7, 11) is 0. The van der Waals surface area contributed by atoms with Crippen LogP contribution in [-0.2, 0) is 9.53 Å². The van der Waals surface area contributed by atoms with E-state index in [1.807, 2.05) is 42.5 Å². The Morgan fingerprint density at radius 3 is 2.44 bits per heavy atom. The molecule has 0 atom stereocenters. The van der Waals surface area contributed by atoms with Crippen LogP contribution in [0.3, 0.4) is 0 Å². The van der Waals surface area contributed by atoms with E-state index in [-0.39, 0.29) is 29.6 Å². The maximum Gasteiger partial charge on any atom is 0.411 e. The van der Waals surface area contributed by atoms with Gasteiger partial charge in [-0.1, -0.05) is 23.9 Å². The van der Waals surface area contributed by atoms with Gasteiger partial charge in [-0.2, -0.15) is 0 Å². The number of hydrogen-bond donors (Lipinski definition) is 3. The van der Waals surface area contributed by atoms with Crippen LogP contribution in [0.25, 0.3) is 0 Å². The smallest absolute Gasteiger partial charge is 0.411 e. The Labute approximate surface area is 206 Å². The SMILES string of the molecule is CCOC(=O)Nc1ccc2c(c1)N(C(=O)CNC1CC(C)(C)NC(C)(C)C1)c1ccccc1S2. The van der Waals surface area contributed by atoms with Crippen LogP contribution in [0, 0.1) is 0 Å². The predicted octanol–water partition coefficient (Wildman–Crippen LogP) is 5.28. The highest BCUT2D eigenvalue weighted by atomic mass is 32.2. The molecule has 1 saturated heterocycles. The summed E-state index contributed by atoms with van der Waals surface area (Å²) in [6.07, 6.45) is 1.38. The number of benzene rings is 2. The second-order valence-corrected chi connectivity index (χ2v) is 11.3. The fraction of sp³-hybridized carbons (Fsp3) is 0.462. The molecule has 0 aliphatic carbocycles. The zero-order valence-corrected chi connectivity index (χ0v) is 21.3. The highest BCUT2D eigenvalue weighted by molar-refractivity contribution is 7.99. The van der Waals surface area contributed by atoms with Gasteiger partial charge in [0.2, 0.25) is 5.91 Å². The molecule has 0 saturated carbocycles. The predicted molar refractivity (Wildman–Crippen MR) is 137 cm³/mol. The van der Waals surface area contributed by atoms with Crippen LogP contribution in [0.15, 0.2) is 52.3 Å². The third-order valence-corrected chi connectivity index (χ3v) is 7.16. The van der Waals surface area contributed by atoms with Crippen molar-refractivity contribution in [3.8, 4) is 0 Å². The Balaban J connectivity index is 1.58. The number of nitrogens with one attached hydrogen (secondary N) is 3. The molecule has 3 N–H and O–H groups in total. The van der Waals surface area contributed by atoms with Crippen molar-refractivity contribution >= 4 is 40.8 Å². The van der Waals surface area contributed by atoms with Crippen LogP contribution in [0.2, 0.25) is 0 Å². The lowest BCUT2D eigenvalue weighted by Gasteiger charge is -2.46. The van der Waals surface area contributed by atoms with Crippen molar-refractivity contribution in [2.45, 2.75) is 74.4 Å². The lowest BCUT2D eigenvalue weighted by Crippen LogP contribution is -2.62. The molecule has 2 aromatic rings. The van der Waals surface area contributed by atoms with Gasteiger partial charge < -0.3 is 15.4 Å². The summed E-state index contributed by atoms with van der Waals surface area (Å²) in [5.41, 5.74) is 2.19. The summed E-state index contributed by atoms with van der Waals surface area (Å²) < 4.78 is 5.01. The normalized spacial score (nSPS) is 18.6. The molecular weight excluding hydrogens is 448 g/mol. The van der Waals surface area contributed by atoms with Crippen molar-refractivity contribution in [3.63, 3.8) is 0 Å². The molecule has 182 valence electrons. The lowest BCUT2D eigenvalue weighted by molar-refractivity contribution is -0.117. The van der Waals surface area contributed by atoms with Gasteiger partial charge in [0.25, 0.3) is 0 Å². The number of piperidine rings is 1. The first-order chi connectivity index (χ1) is 16.1. The first-order valence-corrected chi connectivity index (χ1v) is 12.6. The number of nitrogens with zero attached hydrogens (tertiary/aromatic N) is 1. The highest BCUT2D eigenvalue weighted by Crippen LogP contribution is 2.48. The molecule has 0 bridgehead atoms. The minimum Gasteiger partial charge on any atom is -0.450 e. The summed E-state index contributed by atoms with van der Waals surface area (Å²) in [5, 5.41) is 9.96. The summed E-state index contributed by atoms with van der Waals surface area (Å²) >= 11 is 1.62. The Morgan fingerprint density at radius 1 is 1.06 bits per heavy atom. The van der Waals surface area contributed by atoms with Crippen molar-refractivity contribution in [1.82, 2.24) is 10.6 Å². The monoisotopic (exact) mass is 482 g/mol. The third kappa shape index (κ3) is 5.56. The number of hydrogen-bond acceptors (Lipinski definition) is 6. The van der Waals surface area contributed by atoms with E-state index in [9.17, 15) is 9.59 Å². The van der Waals surface area contributed by atoms with E-state index in [0.29, 0.717) is 12.3 Å². The number of anilines is 3. The number of carbonyl (C=O) groups is 2. The summed E-state index contributed by atoms with van der Waals surface area (Å²) in [5.74, 6) is -0.0311. The average molecular weight is 483 g/mol. The number of amides is 2. The summed E-state index contributed by atoms with van der Waals surface area (Å²) in [6, 6.07) is 13.7. The standard InChI is InChI=1S/C26H34N4O3S/c1-6-33-24(32)28-17-11-12-22-20(13-17)30(19-9-7-8-10-21(19)34-22)23(31)16-27-18-14-25(2,3)29-26(4,5)15-18/h7-13,18,27,29H,6,14-16H2,1-5H3,(H,28,32). The molecule has 8 heteroatoms. The van der Waals surface area contributed by atoms with Gasteiger partial charge in [-0.05, 0) is 77.8 Å². The molecule has 2 aromatic carbocycles. The molecule has 2 amide bonds. The zero-order valence-electron chi connectivity index (χ0n) is 20.5. The van der Waals surface area contributed by atoms with E-state index in [2.05, 4.69) is 43.6 Å². The molecule has 4 rings (SSSR count). The maximum absolute atomic E-state index is 13.7. The molecule has 7 nitrogen and oxygen atoms in total. The van der Waals surface area contributed by atoms with E-state index < -0.39 is 6.09 Å². The van der Waals surface area contributed by atoms with Gasteiger partial charge in [0, 0.05) is 32.6 Å². The summed E-state index contributed by atoms with van der Waals surface area (Å²) in [6.45, 7) is 11.1. The van der Waals surface area contributed by atoms with Crippen molar-refractivity contribution in [1.29, 1.82) is 0 Å². The maximum atomic E-state index is 13.7.